The van der Waals surface area contributed by atoms with Crippen molar-refractivity contribution in [2.75, 3.05) is 19.8 Å². The topological polar surface area (TPSA) is 83.0 Å². The summed E-state index contributed by atoms with van der Waals surface area (Å²) in [6.07, 6.45) is -4.81. The summed E-state index contributed by atoms with van der Waals surface area (Å²) in [5, 5.41) is 9.13. The van der Waals surface area contributed by atoms with Gasteiger partial charge in [-0.2, -0.15) is 13.2 Å². The molecule has 2 aromatic carbocycles. The number of alkyl halides is 3. The van der Waals surface area contributed by atoms with E-state index in [1.165, 1.54) is 17.0 Å². The van der Waals surface area contributed by atoms with Gasteiger partial charge in [-0.25, -0.2) is 4.79 Å². The van der Waals surface area contributed by atoms with Crippen LogP contribution in [0, 0.1) is 0 Å². The molecule has 1 saturated heterocycles. The summed E-state index contributed by atoms with van der Waals surface area (Å²) in [4.78, 5) is 14.6. The SMILES string of the molecule is CC(C)(C)OC(=O)N1C(C)(C)OC[C@@]1(C)c1nnc(-c2ccc(OCCCOCc3ccccc3)c(C(F)(F)F)c2)s1. The first-order valence-corrected chi connectivity index (χ1v) is 14.4. The van der Waals surface area contributed by atoms with Gasteiger partial charge in [-0.3, -0.25) is 4.90 Å². The van der Waals surface area contributed by atoms with Gasteiger partial charge in [-0.15, -0.1) is 10.2 Å². The van der Waals surface area contributed by atoms with E-state index in [4.69, 9.17) is 18.9 Å². The molecule has 0 aliphatic carbocycles. The predicted octanol–water partition coefficient (Wildman–Crippen LogP) is 7.43. The molecule has 2 heterocycles. The van der Waals surface area contributed by atoms with Crippen LogP contribution in [0.15, 0.2) is 48.5 Å². The van der Waals surface area contributed by atoms with Gasteiger partial charge < -0.3 is 18.9 Å². The van der Waals surface area contributed by atoms with E-state index in [1.807, 2.05) is 30.3 Å². The number of ether oxygens (including phenoxy) is 4. The number of benzene rings is 2. The van der Waals surface area contributed by atoms with Gasteiger partial charge in [0.2, 0.25) is 0 Å². The number of rotatable bonds is 9. The number of hydrogen-bond donors (Lipinski definition) is 0. The third kappa shape index (κ3) is 7.40. The summed E-state index contributed by atoms with van der Waals surface area (Å²) in [6, 6.07) is 13.4. The molecule has 12 heteroatoms. The zero-order valence-corrected chi connectivity index (χ0v) is 25.4. The number of hydrogen-bond acceptors (Lipinski definition) is 8. The molecule has 0 bridgehead atoms. The third-order valence-corrected chi connectivity index (χ3v) is 7.76. The largest absolute Gasteiger partial charge is 0.493 e. The summed E-state index contributed by atoms with van der Waals surface area (Å²) < 4.78 is 64.7. The maximum absolute atomic E-state index is 14.0. The lowest BCUT2D eigenvalue weighted by Gasteiger charge is -2.39. The van der Waals surface area contributed by atoms with Crippen LogP contribution in [-0.4, -0.2) is 52.3 Å². The van der Waals surface area contributed by atoms with Gasteiger partial charge in [0.1, 0.15) is 32.6 Å². The molecule has 1 aliphatic rings. The van der Waals surface area contributed by atoms with Gasteiger partial charge in [-0.1, -0.05) is 41.7 Å². The summed E-state index contributed by atoms with van der Waals surface area (Å²) in [5.41, 5.74) is -2.44. The van der Waals surface area contributed by atoms with Crippen LogP contribution in [0.4, 0.5) is 18.0 Å². The van der Waals surface area contributed by atoms with Gasteiger partial charge in [0.05, 0.1) is 32.0 Å². The van der Waals surface area contributed by atoms with Crippen molar-refractivity contribution in [2.24, 2.45) is 0 Å². The van der Waals surface area contributed by atoms with E-state index < -0.39 is 34.7 Å². The Morgan fingerprint density at radius 3 is 2.43 bits per heavy atom. The Hall–Kier alpha value is -3.22. The Morgan fingerprint density at radius 2 is 1.76 bits per heavy atom. The standard InChI is InChI=1S/C30H36F3N3O5S/c1-27(2,3)41-26(37)36-28(4,5)40-19-29(36,6)25-35-34-24(42-25)21-13-14-23(22(17-21)30(31,32)33)39-16-10-15-38-18-20-11-8-7-9-12-20/h7-9,11-14,17H,10,15-16,18-19H2,1-6H3/t29-/m0/s1. The van der Waals surface area contributed by atoms with Crippen molar-refractivity contribution in [2.45, 2.75) is 77.6 Å². The van der Waals surface area contributed by atoms with Gasteiger partial charge in [0.15, 0.2) is 0 Å². The molecule has 0 N–H and O–H groups in total. The minimum absolute atomic E-state index is 0.0643. The Morgan fingerprint density at radius 1 is 1.05 bits per heavy atom. The number of carbonyl (C=O) groups excluding carboxylic acids is 1. The molecule has 4 rings (SSSR count). The van der Waals surface area contributed by atoms with Crippen LogP contribution in [0.1, 0.15) is 64.1 Å². The maximum Gasteiger partial charge on any atom is 0.419 e. The second-order valence-corrected chi connectivity index (χ2v) is 12.7. The lowest BCUT2D eigenvalue weighted by atomic mass is 10.0. The molecular formula is C30H36F3N3O5S. The van der Waals surface area contributed by atoms with Crippen LogP contribution in [0.5, 0.6) is 5.75 Å². The number of aromatic nitrogens is 2. The molecule has 3 aromatic rings. The van der Waals surface area contributed by atoms with Crippen molar-refractivity contribution < 1.29 is 36.9 Å². The van der Waals surface area contributed by atoms with E-state index in [9.17, 15) is 18.0 Å². The van der Waals surface area contributed by atoms with Gasteiger partial charge in [0, 0.05) is 12.0 Å². The molecule has 1 atom stereocenters. The third-order valence-electron chi connectivity index (χ3n) is 6.53. The highest BCUT2D eigenvalue weighted by Crippen LogP contribution is 2.45. The number of nitrogens with zero attached hydrogens (tertiary/aromatic N) is 3. The van der Waals surface area contributed by atoms with E-state index in [0.717, 1.165) is 23.0 Å². The average Bonchev–Trinajstić information content (AvgIpc) is 3.48. The fourth-order valence-electron chi connectivity index (χ4n) is 4.60. The van der Waals surface area contributed by atoms with Crippen molar-refractivity contribution in [3.8, 4) is 16.3 Å². The van der Waals surface area contributed by atoms with Crippen LogP contribution in [0.3, 0.4) is 0 Å². The van der Waals surface area contributed by atoms with Crippen molar-refractivity contribution in [1.82, 2.24) is 15.1 Å². The molecule has 8 nitrogen and oxygen atoms in total. The lowest BCUT2D eigenvalue weighted by molar-refractivity contribution is -0.138. The van der Waals surface area contributed by atoms with Crippen molar-refractivity contribution in [1.29, 1.82) is 0 Å². The molecule has 0 unspecified atom stereocenters. The van der Waals surface area contributed by atoms with Crippen molar-refractivity contribution in [3.05, 3.63) is 64.7 Å². The predicted molar refractivity (Wildman–Crippen MR) is 152 cm³/mol. The van der Waals surface area contributed by atoms with E-state index in [1.54, 1.807) is 41.5 Å². The number of amides is 1. The van der Waals surface area contributed by atoms with Crippen LogP contribution >= 0.6 is 11.3 Å². The zero-order chi connectivity index (χ0) is 30.8. The van der Waals surface area contributed by atoms with Gasteiger partial charge >= 0.3 is 12.3 Å². The van der Waals surface area contributed by atoms with Crippen molar-refractivity contribution >= 4 is 17.4 Å². The molecule has 0 saturated carbocycles. The number of carbonyl (C=O) groups is 1. The first-order chi connectivity index (χ1) is 19.6. The van der Waals surface area contributed by atoms with Gasteiger partial charge in [-0.05, 0) is 65.3 Å². The molecule has 0 radical (unpaired) electrons. The molecule has 1 aliphatic heterocycles. The van der Waals surface area contributed by atoms with Crippen LogP contribution in [0.25, 0.3) is 10.6 Å². The first kappa shape index (κ1) is 31.7. The summed E-state index contributed by atoms with van der Waals surface area (Å²) in [7, 11) is 0. The highest BCUT2D eigenvalue weighted by molar-refractivity contribution is 7.14. The minimum atomic E-state index is -4.65. The number of halogens is 3. The van der Waals surface area contributed by atoms with Gasteiger partial charge in [0.25, 0.3) is 0 Å². The summed E-state index contributed by atoms with van der Waals surface area (Å²) >= 11 is 1.10. The minimum Gasteiger partial charge on any atom is -0.493 e. The maximum atomic E-state index is 14.0. The normalized spacial score (nSPS) is 18.7. The van der Waals surface area contributed by atoms with Crippen LogP contribution < -0.4 is 4.74 Å². The molecule has 42 heavy (non-hydrogen) atoms. The Labute approximate surface area is 247 Å². The van der Waals surface area contributed by atoms with Crippen LogP contribution in [0.2, 0.25) is 0 Å². The van der Waals surface area contributed by atoms with E-state index in [-0.39, 0.29) is 29.5 Å². The molecule has 1 fully saturated rings. The van der Waals surface area contributed by atoms with E-state index >= 15 is 0 Å². The van der Waals surface area contributed by atoms with Crippen molar-refractivity contribution in [3.63, 3.8) is 0 Å². The molecule has 228 valence electrons. The quantitative estimate of drug-likeness (QED) is 0.234. The zero-order valence-electron chi connectivity index (χ0n) is 24.6. The van der Waals surface area contributed by atoms with Crippen LogP contribution in [-0.2, 0) is 32.5 Å². The van der Waals surface area contributed by atoms with E-state index in [2.05, 4.69) is 10.2 Å². The average molecular weight is 608 g/mol. The Kier molecular flexibility index (Phi) is 9.19. The summed E-state index contributed by atoms with van der Waals surface area (Å²) in [6.45, 7) is 11.5. The second kappa shape index (κ2) is 12.2. The molecule has 0 spiro atoms. The first-order valence-electron chi connectivity index (χ1n) is 13.6. The highest BCUT2D eigenvalue weighted by Gasteiger charge is 2.55. The molecule has 1 amide bonds. The summed E-state index contributed by atoms with van der Waals surface area (Å²) in [5.74, 6) is -0.270. The Bertz CT molecular complexity index is 1370. The monoisotopic (exact) mass is 607 g/mol. The Balaban J connectivity index is 1.48. The lowest BCUT2D eigenvalue weighted by Crippen LogP contribution is -2.54. The fraction of sp³-hybridized carbons (Fsp3) is 0.500. The smallest absolute Gasteiger partial charge is 0.419 e. The molecule has 1 aromatic heterocycles. The second-order valence-electron chi connectivity index (χ2n) is 11.7. The molecular weight excluding hydrogens is 571 g/mol. The fourth-order valence-corrected chi connectivity index (χ4v) is 5.56. The van der Waals surface area contributed by atoms with E-state index in [0.29, 0.717) is 24.6 Å². The highest BCUT2D eigenvalue weighted by atomic mass is 32.1.